The van der Waals surface area contributed by atoms with Crippen LogP contribution in [0, 0.1) is 13.8 Å². The molecule has 0 aliphatic rings. The van der Waals surface area contributed by atoms with Crippen molar-refractivity contribution in [3.63, 3.8) is 0 Å². The van der Waals surface area contributed by atoms with E-state index in [2.05, 4.69) is 9.97 Å². The Hall–Kier alpha value is -2.22. The third-order valence-electron chi connectivity index (χ3n) is 2.24. The summed E-state index contributed by atoms with van der Waals surface area (Å²) in [6.07, 6.45) is 2.98. The van der Waals surface area contributed by atoms with E-state index in [1.807, 2.05) is 13.8 Å². The average Bonchev–Trinajstić information content (AvgIpc) is 2.40. The monoisotopic (exact) mass is 374 g/mol. The molecule has 0 aromatic carbocycles. The zero-order valence-corrected chi connectivity index (χ0v) is 15.8. The van der Waals surface area contributed by atoms with Gasteiger partial charge in [0, 0.05) is 12.4 Å². The Labute approximate surface area is 145 Å². The van der Waals surface area contributed by atoms with Crippen LogP contribution in [0.1, 0.15) is 32.1 Å². The van der Waals surface area contributed by atoms with E-state index in [1.165, 1.54) is 24.5 Å². The number of aryl methyl sites for hydroxylation is 2. The number of hydrogen-bond acceptors (Lipinski definition) is 6. The molecule has 0 saturated heterocycles. The molecular weight excluding hydrogens is 358 g/mol. The van der Waals surface area contributed by atoms with Gasteiger partial charge in [-0.2, -0.15) is 0 Å². The molecule has 8 nitrogen and oxygen atoms in total. The Kier molecular flexibility index (Phi) is 13.8. The molecule has 0 radical (unpaired) electrons. The normalized spacial score (nSPS) is 8.09. The van der Waals surface area contributed by atoms with Crippen LogP contribution in [0.15, 0.2) is 36.7 Å². The van der Waals surface area contributed by atoms with Crippen molar-refractivity contribution in [2.45, 2.75) is 13.8 Å². The van der Waals surface area contributed by atoms with E-state index >= 15 is 0 Å². The van der Waals surface area contributed by atoms with Crippen molar-refractivity contribution in [2.24, 2.45) is 0 Å². The summed E-state index contributed by atoms with van der Waals surface area (Å²) < 4.78 is 0. The zero-order chi connectivity index (χ0) is 15.1. The van der Waals surface area contributed by atoms with Crippen molar-refractivity contribution < 1.29 is 50.2 Å². The molecule has 6 N–H and O–H groups in total. The standard InChI is InChI=1S/2C7H7NO2.2H2O.Zn/c2*1-5-2-3-6(7(9)10)8-4-5;;;/h2*2-4H,1H3,(H,9,10);2*1H2;/q;;;;+2. The molecule has 0 aliphatic carbocycles. The summed E-state index contributed by atoms with van der Waals surface area (Å²) in [7, 11) is 0. The Bertz CT molecular complexity index is 546. The Morgan fingerprint density at radius 3 is 1.26 bits per heavy atom. The van der Waals surface area contributed by atoms with Crippen LogP contribution in [-0.4, -0.2) is 21.9 Å². The van der Waals surface area contributed by atoms with Gasteiger partial charge in [0.05, 0.1) is 23.3 Å². The fourth-order valence-corrected chi connectivity index (χ4v) is 1.18. The molecular formula is C14H18N2O6Zn+2. The van der Waals surface area contributed by atoms with E-state index in [0.29, 0.717) is 0 Å². The number of carbonyl (C=O) groups excluding carboxylic acids is 2. The molecule has 0 unspecified atom stereocenters. The molecule has 2 rings (SSSR count). The van der Waals surface area contributed by atoms with Crippen LogP contribution in [0.2, 0.25) is 0 Å². The van der Waals surface area contributed by atoms with Gasteiger partial charge >= 0.3 is 19.5 Å². The second kappa shape index (κ2) is 12.3. The molecule has 0 aliphatic heterocycles. The molecule has 0 atom stereocenters. The molecule has 2 aromatic rings. The van der Waals surface area contributed by atoms with Gasteiger partial charge < -0.3 is 30.8 Å². The molecule has 23 heavy (non-hydrogen) atoms. The SMILES string of the molecule is Cc1ccc(C(=O)[O-])nc1.Cc1ccc(C(=O)[O-])nc1.[OH3+].[OH3+].[Zn+2]. The van der Waals surface area contributed by atoms with Gasteiger partial charge in [0.1, 0.15) is 0 Å². The van der Waals surface area contributed by atoms with E-state index < -0.39 is 11.9 Å². The minimum absolute atomic E-state index is 0. The number of carboxylic acid groups (broad SMARTS) is 2. The van der Waals surface area contributed by atoms with E-state index in [9.17, 15) is 19.8 Å². The number of carboxylic acids is 2. The number of carbonyl (C=O) groups is 2. The van der Waals surface area contributed by atoms with Crippen molar-refractivity contribution in [3.05, 3.63) is 59.2 Å². The number of hydrogen-bond donors (Lipinski definition) is 0. The maximum absolute atomic E-state index is 10.1. The molecule has 0 bridgehead atoms. The van der Waals surface area contributed by atoms with Gasteiger partial charge in [-0.25, -0.2) is 0 Å². The summed E-state index contributed by atoms with van der Waals surface area (Å²) in [6.45, 7) is 3.68. The van der Waals surface area contributed by atoms with Crippen LogP contribution in [0.3, 0.4) is 0 Å². The first kappa shape index (κ1) is 25.7. The summed E-state index contributed by atoms with van der Waals surface area (Å²) >= 11 is 0. The van der Waals surface area contributed by atoms with Crippen molar-refractivity contribution in [3.8, 4) is 0 Å². The second-order valence-corrected chi connectivity index (χ2v) is 4.02. The van der Waals surface area contributed by atoms with Crippen LogP contribution >= 0.6 is 0 Å². The smallest absolute Gasteiger partial charge is 0.543 e. The summed E-state index contributed by atoms with van der Waals surface area (Å²) in [6, 6.07) is 6.20. The minimum atomic E-state index is -1.24. The predicted octanol–water partition coefficient (Wildman–Crippen LogP) is -2.34. The van der Waals surface area contributed by atoms with E-state index in [-0.39, 0.29) is 41.8 Å². The topological polar surface area (TPSA) is 172 Å². The van der Waals surface area contributed by atoms with Gasteiger partial charge in [-0.1, -0.05) is 12.1 Å². The van der Waals surface area contributed by atoms with Crippen LogP contribution in [0.5, 0.6) is 0 Å². The Balaban J connectivity index is -0.000000308. The van der Waals surface area contributed by atoms with E-state index in [1.54, 1.807) is 12.1 Å². The third-order valence-corrected chi connectivity index (χ3v) is 2.24. The second-order valence-electron chi connectivity index (χ2n) is 4.02. The number of aromatic carboxylic acids is 2. The first-order valence-corrected chi connectivity index (χ1v) is 5.68. The fourth-order valence-electron chi connectivity index (χ4n) is 1.18. The van der Waals surface area contributed by atoms with Crippen molar-refractivity contribution in [1.82, 2.24) is 9.97 Å². The van der Waals surface area contributed by atoms with Crippen LogP contribution in [-0.2, 0) is 30.4 Å². The molecule has 120 valence electrons. The molecule has 9 heteroatoms. The van der Waals surface area contributed by atoms with Gasteiger partial charge in [0.25, 0.3) is 0 Å². The van der Waals surface area contributed by atoms with Gasteiger partial charge in [0.2, 0.25) is 0 Å². The van der Waals surface area contributed by atoms with Crippen LogP contribution in [0.25, 0.3) is 0 Å². The molecule has 0 saturated carbocycles. The number of pyridine rings is 2. The summed E-state index contributed by atoms with van der Waals surface area (Å²) in [4.78, 5) is 27.5. The minimum Gasteiger partial charge on any atom is -0.543 e. The average molecular weight is 376 g/mol. The van der Waals surface area contributed by atoms with Crippen molar-refractivity contribution in [1.29, 1.82) is 0 Å². The largest absolute Gasteiger partial charge is 2.00 e. The Morgan fingerprint density at radius 1 is 0.783 bits per heavy atom. The van der Waals surface area contributed by atoms with Crippen LogP contribution < -0.4 is 10.2 Å². The molecule has 2 heterocycles. The number of nitrogens with zero attached hydrogens (tertiary/aromatic N) is 2. The molecule has 0 spiro atoms. The maximum Gasteiger partial charge on any atom is 2.00 e. The third kappa shape index (κ3) is 9.41. The maximum atomic E-state index is 10.1. The summed E-state index contributed by atoms with van der Waals surface area (Å²) in [5.74, 6) is -2.47. The quantitative estimate of drug-likeness (QED) is 0.420. The van der Waals surface area contributed by atoms with Crippen molar-refractivity contribution >= 4 is 11.9 Å². The Morgan fingerprint density at radius 2 is 1.09 bits per heavy atom. The zero-order valence-electron chi connectivity index (χ0n) is 12.9. The number of rotatable bonds is 2. The van der Waals surface area contributed by atoms with E-state index in [0.717, 1.165) is 11.1 Å². The first-order chi connectivity index (χ1) is 9.40. The van der Waals surface area contributed by atoms with Gasteiger partial charge in [-0.15, -0.1) is 0 Å². The molecule has 0 amide bonds. The van der Waals surface area contributed by atoms with Crippen molar-refractivity contribution in [2.75, 3.05) is 0 Å². The van der Waals surface area contributed by atoms with E-state index in [4.69, 9.17) is 0 Å². The van der Waals surface area contributed by atoms with Gasteiger partial charge in [-0.3, -0.25) is 9.97 Å². The fraction of sp³-hybridized carbons (Fsp3) is 0.143. The van der Waals surface area contributed by atoms with Gasteiger partial charge in [0.15, 0.2) is 0 Å². The first-order valence-electron chi connectivity index (χ1n) is 5.68. The summed E-state index contributed by atoms with van der Waals surface area (Å²) in [5, 5.41) is 20.3. The number of aromatic nitrogens is 2. The van der Waals surface area contributed by atoms with Crippen LogP contribution in [0.4, 0.5) is 0 Å². The molecule has 0 fully saturated rings. The predicted molar refractivity (Wildman–Crippen MR) is 76.4 cm³/mol. The van der Waals surface area contributed by atoms with Gasteiger partial charge in [-0.05, 0) is 37.1 Å². The summed E-state index contributed by atoms with van der Waals surface area (Å²) in [5.41, 5.74) is 1.83. The molecule has 2 aromatic heterocycles.